The number of carbonyl (C=O) groups is 1. The van der Waals surface area contributed by atoms with Crippen molar-refractivity contribution in [2.75, 3.05) is 23.8 Å². The van der Waals surface area contributed by atoms with E-state index in [0.29, 0.717) is 17.1 Å². The number of hydrogen-bond donors (Lipinski definition) is 0. The maximum atomic E-state index is 12.9. The van der Waals surface area contributed by atoms with E-state index < -0.39 is 38.5 Å². The number of aryl methyl sites for hydroxylation is 1. The van der Waals surface area contributed by atoms with E-state index in [0.717, 1.165) is 12.0 Å². The van der Waals surface area contributed by atoms with Gasteiger partial charge in [0.15, 0.2) is 0 Å². The Hall–Kier alpha value is -0.870. The van der Waals surface area contributed by atoms with Crippen LogP contribution in [0.4, 0.5) is 13.2 Å². The van der Waals surface area contributed by atoms with E-state index in [1.54, 1.807) is 31.2 Å². The van der Waals surface area contributed by atoms with Crippen LogP contribution in [-0.2, 0) is 4.79 Å². The van der Waals surface area contributed by atoms with Crippen LogP contribution in [0.5, 0.6) is 0 Å². The Kier molecular flexibility index (Phi) is 7.32. The topological polar surface area (TPSA) is 60.2 Å². The molecule has 26 heavy (non-hydrogen) atoms. The lowest BCUT2D eigenvalue weighted by Gasteiger charge is -2.39. The molecule has 0 amide bonds. The van der Waals surface area contributed by atoms with Gasteiger partial charge in [0, 0.05) is 4.92 Å². The highest BCUT2D eigenvalue weighted by Gasteiger charge is 2.52. The molecular formula is C16H18F3NO3S3. The highest BCUT2D eigenvalue weighted by molar-refractivity contribution is 8.25. The summed E-state index contributed by atoms with van der Waals surface area (Å²) in [5, 5.41) is 10.7. The monoisotopic (exact) mass is 425 g/mol. The molecule has 0 radical (unpaired) electrons. The first-order valence-electron chi connectivity index (χ1n) is 7.85. The fraction of sp³-hybridized carbons (Fsp3) is 0.562. The number of rotatable bonds is 6. The van der Waals surface area contributed by atoms with Gasteiger partial charge in [-0.15, -0.1) is 23.5 Å². The van der Waals surface area contributed by atoms with Crippen molar-refractivity contribution in [2.24, 2.45) is 0 Å². The molecule has 1 aliphatic rings. The predicted octanol–water partition coefficient (Wildman–Crippen LogP) is 4.74. The molecule has 0 unspecified atom stereocenters. The zero-order chi connectivity index (χ0) is 19.4. The summed E-state index contributed by atoms with van der Waals surface area (Å²) >= 11 is 2.70. The number of carbonyl (C=O) groups excluding carboxylic acids is 1. The van der Waals surface area contributed by atoms with Crippen LogP contribution < -0.4 is 0 Å². The van der Waals surface area contributed by atoms with Gasteiger partial charge in [-0.2, -0.15) is 13.2 Å². The molecule has 0 spiro atoms. The molecule has 0 bridgehead atoms. The summed E-state index contributed by atoms with van der Waals surface area (Å²) < 4.78 is 36.5. The average molecular weight is 426 g/mol. The normalized spacial score (nSPS) is 18.3. The largest absolute Gasteiger partial charge is 0.398 e. The van der Waals surface area contributed by atoms with Gasteiger partial charge >= 0.3 is 6.18 Å². The van der Waals surface area contributed by atoms with Gasteiger partial charge in [-0.25, -0.2) is 0 Å². The van der Waals surface area contributed by atoms with E-state index in [4.69, 9.17) is 0 Å². The molecule has 1 aromatic carbocycles. The maximum Gasteiger partial charge on any atom is 0.398 e. The maximum absolute atomic E-state index is 12.9. The Morgan fingerprint density at radius 2 is 1.96 bits per heavy atom. The van der Waals surface area contributed by atoms with Crippen LogP contribution in [0.25, 0.3) is 0 Å². The lowest BCUT2D eigenvalue weighted by Crippen LogP contribution is -2.43. The van der Waals surface area contributed by atoms with Crippen molar-refractivity contribution in [2.45, 2.75) is 29.5 Å². The van der Waals surface area contributed by atoms with Gasteiger partial charge < -0.3 is 0 Å². The lowest BCUT2D eigenvalue weighted by atomic mass is 9.91. The van der Waals surface area contributed by atoms with Gasteiger partial charge in [0.1, 0.15) is 4.08 Å². The van der Waals surface area contributed by atoms with Gasteiger partial charge in [-0.1, -0.05) is 36.0 Å². The molecule has 0 N–H and O–H groups in total. The number of benzene rings is 1. The van der Waals surface area contributed by atoms with Gasteiger partial charge in [0.2, 0.25) is 11.7 Å². The van der Waals surface area contributed by atoms with Crippen molar-refractivity contribution in [3.8, 4) is 0 Å². The number of nitrogens with zero attached hydrogens (tertiary/aromatic N) is 1. The number of hydrogen-bond acceptors (Lipinski definition) is 6. The van der Waals surface area contributed by atoms with Crippen LogP contribution >= 0.6 is 35.3 Å². The number of halogens is 3. The van der Waals surface area contributed by atoms with E-state index in [2.05, 4.69) is 0 Å². The van der Waals surface area contributed by atoms with Crippen LogP contribution in [-0.4, -0.2) is 44.1 Å². The van der Waals surface area contributed by atoms with E-state index >= 15 is 0 Å². The van der Waals surface area contributed by atoms with Crippen molar-refractivity contribution in [1.29, 1.82) is 0 Å². The van der Waals surface area contributed by atoms with Gasteiger partial charge in [-0.05, 0) is 36.0 Å². The molecule has 4 nitrogen and oxygen atoms in total. The summed E-state index contributed by atoms with van der Waals surface area (Å²) in [5.41, 5.74) is 1.44. The molecule has 0 aromatic heterocycles. The van der Waals surface area contributed by atoms with Gasteiger partial charge in [-0.3, -0.25) is 14.9 Å². The Bertz CT molecular complexity index is 664. The molecule has 1 aromatic rings. The van der Waals surface area contributed by atoms with E-state index in [9.17, 15) is 28.1 Å². The number of alkyl halides is 3. The lowest BCUT2D eigenvalue weighted by molar-refractivity contribution is -0.483. The molecule has 1 heterocycles. The summed E-state index contributed by atoms with van der Waals surface area (Å²) in [6.07, 6.45) is -3.65. The molecule has 10 heteroatoms. The molecule has 1 saturated heterocycles. The third kappa shape index (κ3) is 5.32. The first-order chi connectivity index (χ1) is 12.2. The first-order valence-corrected chi connectivity index (χ1v) is 10.8. The average Bonchev–Trinajstić information content (AvgIpc) is 2.58. The first kappa shape index (κ1) is 21.4. The molecule has 1 aliphatic heterocycles. The van der Waals surface area contributed by atoms with Crippen LogP contribution in [0, 0.1) is 17.0 Å². The smallest absolute Gasteiger partial charge is 0.285 e. The minimum absolute atomic E-state index is 0.216. The summed E-state index contributed by atoms with van der Waals surface area (Å²) in [5.74, 6) is -0.896. The molecule has 0 saturated carbocycles. The molecule has 2 rings (SSSR count). The van der Waals surface area contributed by atoms with Crippen molar-refractivity contribution in [3.63, 3.8) is 0 Å². The fourth-order valence-electron chi connectivity index (χ4n) is 2.81. The quantitative estimate of drug-likeness (QED) is 0.485. The summed E-state index contributed by atoms with van der Waals surface area (Å²) in [4.78, 5) is 23.7. The van der Waals surface area contributed by atoms with Crippen molar-refractivity contribution in [3.05, 3.63) is 45.5 Å². The van der Waals surface area contributed by atoms with Crippen molar-refractivity contribution in [1.82, 2.24) is 0 Å². The highest BCUT2D eigenvalue weighted by Crippen LogP contribution is 2.54. The Morgan fingerprint density at radius 1 is 1.35 bits per heavy atom. The van der Waals surface area contributed by atoms with Gasteiger partial charge in [0.05, 0.1) is 11.7 Å². The minimum atomic E-state index is -4.47. The van der Waals surface area contributed by atoms with Crippen LogP contribution in [0.3, 0.4) is 0 Å². The zero-order valence-electron chi connectivity index (χ0n) is 14.0. The molecular weight excluding hydrogens is 407 g/mol. The van der Waals surface area contributed by atoms with E-state index in [-0.39, 0.29) is 11.8 Å². The number of nitro groups is 1. The summed E-state index contributed by atoms with van der Waals surface area (Å²) in [6, 6.07) is 7.04. The summed E-state index contributed by atoms with van der Waals surface area (Å²) in [6.45, 7) is 1.30. The van der Waals surface area contributed by atoms with E-state index in [1.807, 2.05) is 0 Å². The minimum Gasteiger partial charge on any atom is -0.285 e. The molecule has 144 valence electrons. The zero-order valence-corrected chi connectivity index (χ0v) is 16.4. The third-order valence-electron chi connectivity index (χ3n) is 3.93. The van der Waals surface area contributed by atoms with Crippen LogP contribution in [0.1, 0.15) is 23.5 Å². The third-order valence-corrected chi connectivity index (χ3v) is 8.73. The fourth-order valence-corrected chi connectivity index (χ4v) is 7.39. The standard InChI is InChI=1S/C16H18F3NO3S3/c1-11-5-2-3-6-12(11)13(9-20(22)23)16(25-7-4-8-26-16)14(21)24-10-15(17,18)19/h2-3,5-6,13H,4,7-10H2,1H3/t13-/m1/s1. The molecule has 1 fully saturated rings. The van der Waals surface area contributed by atoms with Gasteiger partial charge in [0.25, 0.3) is 0 Å². The van der Waals surface area contributed by atoms with Crippen molar-refractivity contribution >= 4 is 40.4 Å². The van der Waals surface area contributed by atoms with E-state index in [1.165, 1.54) is 23.5 Å². The second-order valence-electron chi connectivity index (χ2n) is 5.83. The Morgan fingerprint density at radius 3 is 2.50 bits per heavy atom. The van der Waals surface area contributed by atoms with Crippen molar-refractivity contribution < 1.29 is 22.9 Å². The second-order valence-corrected chi connectivity index (χ2v) is 9.72. The number of thioether (sulfide) groups is 3. The SMILES string of the molecule is Cc1ccccc1[C@@H](C[N+](=O)[O-])C1(C(=O)SCC(F)(F)F)SCCCS1. The van der Waals surface area contributed by atoms with Crippen LogP contribution in [0.2, 0.25) is 0 Å². The summed E-state index contributed by atoms with van der Waals surface area (Å²) in [7, 11) is 0. The highest BCUT2D eigenvalue weighted by atomic mass is 32.2. The Balaban J connectivity index is 2.44. The second kappa shape index (κ2) is 8.88. The molecule has 0 aliphatic carbocycles. The Labute approximate surface area is 162 Å². The van der Waals surface area contributed by atoms with Crippen LogP contribution in [0.15, 0.2) is 24.3 Å². The predicted molar refractivity (Wildman–Crippen MR) is 102 cm³/mol. The molecule has 1 atom stereocenters.